The van der Waals surface area contributed by atoms with Crippen molar-refractivity contribution in [3.63, 3.8) is 0 Å². The van der Waals surface area contributed by atoms with Gasteiger partial charge in [-0.15, -0.1) is 0 Å². The number of guanidine groups is 1. The van der Waals surface area contributed by atoms with Crippen molar-refractivity contribution in [3.8, 4) is 0 Å². The Hall–Kier alpha value is -3.42. The van der Waals surface area contributed by atoms with E-state index >= 15 is 0 Å². The molecule has 0 aliphatic carbocycles. The van der Waals surface area contributed by atoms with Crippen molar-refractivity contribution in [1.82, 2.24) is 16.0 Å². The lowest BCUT2D eigenvalue weighted by Crippen LogP contribution is -2.59. The van der Waals surface area contributed by atoms with Gasteiger partial charge in [-0.1, -0.05) is 27.7 Å². The lowest BCUT2D eigenvalue weighted by atomic mass is 9.98. The number of carbonyl (C=O) groups is 5. The van der Waals surface area contributed by atoms with Gasteiger partial charge in [0.1, 0.15) is 18.1 Å². The Kier molecular flexibility index (Phi) is 14.0. The third kappa shape index (κ3) is 12.6. The maximum Gasteiger partial charge on any atom is 0.326 e. The van der Waals surface area contributed by atoms with E-state index in [1.807, 2.05) is 0 Å². The molecule has 0 bridgehead atoms. The first-order chi connectivity index (χ1) is 16.2. The van der Waals surface area contributed by atoms with E-state index in [1.165, 1.54) is 0 Å². The third-order valence-electron chi connectivity index (χ3n) is 5.09. The number of aliphatic carboxylic acids is 1. The molecule has 0 rings (SSSR count). The minimum Gasteiger partial charge on any atom is -0.480 e. The molecule has 0 aromatic heterocycles. The van der Waals surface area contributed by atoms with Crippen LogP contribution in [0.2, 0.25) is 0 Å². The van der Waals surface area contributed by atoms with Crippen LogP contribution in [0.4, 0.5) is 0 Å². The monoisotopic (exact) mass is 500 g/mol. The van der Waals surface area contributed by atoms with Crippen LogP contribution in [0, 0.1) is 11.8 Å². The van der Waals surface area contributed by atoms with Gasteiger partial charge < -0.3 is 44.0 Å². The maximum atomic E-state index is 13.0. The molecule has 0 aromatic carbocycles. The quantitative estimate of drug-likeness (QED) is 0.0631. The molecule has 0 aromatic rings. The number of amides is 4. The summed E-state index contributed by atoms with van der Waals surface area (Å²) in [5.74, 6) is -4.78. The van der Waals surface area contributed by atoms with Crippen molar-refractivity contribution in [3.05, 3.63) is 0 Å². The van der Waals surface area contributed by atoms with Crippen molar-refractivity contribution in [2.45, 2.75) is 77.5 Å². The Morgan fingerprint density at radius 3 is 1.71 bits per heavy atom. The molecule has 0 saturated carbocycles. The van der Waals surface area contributed by atoms with Crippen LogP contribution in [0.5, 0.6) is 0 Å². The standard InChI is InChI=1S/C21H40N8O6/c1-10(2)15(18(32)27-13(20(34)35)7-8-14(23)30)29-19(33)16(11(3)4)28-17(31)12(22)6-5-9-26-21(24)25/h10-13,15-16H,5-9,22H2,1-4H3,(H2,23,30)(H,27,32)(H,28,31)(H,29,33)(H,34,35)(H4,24,25,26). The zero-order valence-electron chi connectivity index (χ0n) is 20.7. The maximum absolute atomic E-state index is 13.0. The van der Waals surface area contributed by atoms with Gasteiger partial charge in [0.25, 0.3) is 0 Å². The molecule has 14 nitrogen and oxygen atoms in total. The summed E-state index contributed by atoms with van der Waals surface area (Å²) >= 11 is 0. The molecule has 0 aliphatic rings. The smallest absolute Gasteiger partial charge is 0.326 e. The molecule has 200 valence electrons. The molecule has 14 heteroatoms. The number of primary amides is 1. The zero-order valence-corrected chi connectivity index (χ0v) is 20.7. The first-order valence-corrected chi connectivity index (χ1v) is 11.4. The predicted molar refractivity (Wildman–Crippen MR) is 129 cm³/mol. The van der Waals surface area contributed by atoms with E-state index in [-0.39, 0.29) is 31.1 Å². The number of hydrogen-bond donors (Lipinski definition) is 8. The van der Waals surface area contributed by atoms with Crippen molar-refractivity contribution >= 4 is 35.6 Å². The fourth-order valence-electron chi connectivity index (χ4n) is 3.03. The van der Waals surface area contributed by atoms with E-state index < -0.39 is 59.7 Å². The van der Waals surface area contributed by atoms with Crippen LogP contribution in [0.1, 0.15) is 53.4 Å². The van der Waals surface area contributed by atoms with Crippen molar-refractivity contribution in [1.29, 1.82) is 0 Å². The van der Waals surface area contributed by atoms with Crippen molar-refractivity contribution < 1.29 is 29.1 Å². The molecule has 0 fully saturated rings. The summed E-state index contributed by atoms with van der Waals surface area (Å²) in [5.41, 5.74) is 21.5. The predicted octanol–water partition coefficient (Wildman–Crippen LogP) is -2.52. The van der Waals surface area contributed by atoms with Crippen LogP contribution in [0.15, 0.2) is 4.99 Å². The second kappa shape index (κ2) is 15.5. The Morgan fingerprint density at radius 2 is 1.29 bits per heavy atom. The molecule has 35 heavy (non-hydrogen) atoms. The van der Waals surface area contributed by atoms with Gasteiger partial charge in [-0.05, 0) is 31.1 Å². The highest BCUT2D eigenvalue weighted by Gasteiger charge is 2.33. The largest absolute Gasteiger partial charge is 0.480 e. The molecule has 0 saturated heterocycles. The van der Waals surface area contributed by atoms with Crippen molar-refractivity contribution in [2.75, 3.05) is 6.54 Å². The second-order valence-corrected chi connectivity index (χ2v) is 8.92. The van der Waals surface area contributed by atoms with E-state index in [9.17, 15) is 29.1 Å². The average Bonchev–Trinajstić information content (AvgIpc) is 2.74. The number of nitrogens with two attached hydrogens (primary N) is 4. The number of nitrogens with one attached hydrogen (secondary N) is 3. The van der Waals surface area contributed by atoms with Crippen LogP contribution >= 0.6 is 0 Å². The lowest BCUT2D eigenvalue weighted by Gasteiger charge is -2.28. The fourth-order valence-corrected chi connectivity index (χ4v) is 3.03. The van der Waals surface area contributed by atoms with E-state index in [0.29, 0.717) is 13.0 Å². The van der Waals surface area contributed by atoms with Crippen molar-refractivity contribution in [2.24, 2.45) is 39.8 Å². The van der Waals surface area contributed by atoms with E-state index in [4.69, 9.17) is 22.9 Å². The van der Waals surface area contributed by atoms with Crippen LogP contribution in [0.3, 0.4) is 0 Å². The number of hydrogen-bond acceptors (Lipinski definition) is 7. The first-order valence-electron chi connectivity index (χ1n) is 11.4. The number of aliphatic imine (C=N–C) groups is 1. The molecule has 0 radical (unpaired) electrons. The normalized spacial score (nSPS) is 14.4. The number of carboxylic acid groups (broad SMARTS) is 1. The number of carbonyl (C=O) groups excluding carboxylic acids is 4. The number of carboxylic acids is 1. The van der Waals surface area contributed by atoms with Gasteiger partial charge in [-0.25, -0.2) is 4.79 Å². The molecule has 0 aliphatic heterocycles. The summed E-state index contributed by atoms with van der Waals surface area (Å²) in [4.78, 5) is 64.5. The highest BCUT2D eigenvalue weighted by Crippen LogP contribution is 2.09. The molecule has 4 unspecified atom stereocenters. The minimum absolute atomic E-state index is 0.0640. The van der Waals surface area contributed by atoms with Gasteiger partial charge in [-0.2, -0.15) is 0 Å². The molecular formula is C21H40N8O6. The topological polar surface area (TPSA) is 258 Å². The molecule has 12 N–H and O–H groups in total. The third-order valence-corrected chi connectivity index (χ3v) is 5.09. The Morgan fingerprint density at radius 1 is 0.800 bits per heavy atom. The molecule has 4 atom stereocenters. The van der Waals surface area contributed by atoms with Gasteiger partial charge in [0.05, 0.1) is 6.04 Å². The lowest BCUT2D eigenvalue weighted by molar-refractivity contribution is -0.143. The minimum atomic E-state index is -1.36. The summed E-state index contributed by atoms with van der Waals surface area (Å²) in [6.07, 6.45) is 0.319. The van der Waals surface area contributed by atoms with E-state index in [0.717, 1.165) is 0 Å². The van der Waals surface area contributed by atoms with Gasteiger partial charge >= 0.3 is 5.97 Å². The molecule has 4 amide bonds. The van der Waals surface area contributed by atoms with E-state index in [2.05, 4.69) is 20.9 Å². The van der Waals surface area contributed by atoms with Crippen LogP contribution in [-0.2, 0) is 24.0 Å². The highest BCUT2D eigenvalue weighted by molar-refractivity contribution is 5.94. The average molecular weight is 501 g/mol. The van der Waals surface area contributed by atoms with E-state index in [1.54, 1.807) is 27.7 Å². The van der Waals surface area contributed by atoms with Gasteiger partial charge in [0, 0.05) is 13.0 Å². The summed E-state index contributed by atoms with van der Waals surface area (Å²) in [5, 5.41) is 16.8. The van der Waals surface area contributed by atoms with Gasteiger partial charge in [-0.3, -0.25) is 24.2 Å². The summed E-state index contributed by atoms with van der Waals surface area (Å²) in [6, 6.07) is -4.34. The number of nitrogens with zero attached hydrogens (tertiary/aromatic N) is 1. The SMILES string of the molecule is CC(C)C(NC(=O)C(N)CCCN=C(N)N)C(=O)NC(C(=O)NC(CCC(N)=O)C(=O)O)C(C)C. The van der Waals surface area contributed by atoms with Crippen LogP contribution in [-0.4, -0.2) is 71.4 Å². The highest BCUT2D eigenvalue weighted by atomic mass is 16.4. The molecule has 0 heterocycles. The Balaban J connectivity index is 5.24. The second-order valence-electron chi connectivity index (χ2n) is 8.92. The summed E-state index contributed by atoms with van der Waals surface area (Å²) in [6.45, 7) is 7.06. The fraction of sp³-hybridized carbons (Fsp3) is 0.714. The number of rotatable bonds is 16. The summed E-state index contributed by atoms with van der Waals surface area (Å²) in [7, 11) is 0. The first kappa shape index (κ1) is 31.6. The van der Waals surface area contributed by atoms with Crippen LogP contribution in [0.25, 0.3) is 0 Å². The Labute approximate surface area is 205 Å². The molecule has 0 spiro atoms. The zero-order chi connectivity index (χ0) is 27.3. The van der Waals surface area contributed by atoms with Gasteiger partial charge in [0.2, 0.25) is 23.6 Å². The molecular weight excluding hydrogens is 460 g/mol. The van der Waals surface area contributed by atoms with Gasteiger partial charge in [0.15, 0.2) is 5.96 Å². The Bertz CT molecular complexity index is 782. The van der Waals surface area contributed by atoms with Crippen LogP contribution < -0.4 is 38.9 Å². The summed E-state index contributed by atoms with van der Waals surface area (Å²) < 4.78 is 0.